The van der Waals surface area contributed by atoms with Crippen molar-refractivity contribution in [1.29, 1.82) is 0 Å². The number of carbonyl (C=O) groups excluding carboxylic acids is 1. The number of ether oxygens (including phenoxy) is 1. The summed E-state index contributed by atoms with van der Waals surface area (Å²) >= 11 is 0. The lowest BCUT2D eigenvalue weighted by Gasteiger charge is -2.24. The highest BCUT2D eigenvalue weighted by Crippen LogP contribution is 2.26. The van der Waals surface area contributed by atoms with E-state index in [1.165, 1.54) is 72.1 Å². The van der Waals surface area contributed by atoms with Crippen molar-refractivity contribution in [3.8, 4) is 5.75 Å². The van der Waals surface area contributed by atoms with Crippen molar-refractivity contribution < 1.29 is 30.8 Å². The van der Waals surface area contributed by atoms with Crippen LogP contribution in [0.25, 0.3) is 0 Å². The van der Waals surface area contributed by atoms with Crippen LogP contribution in [0.5, 0.6) is 5.75 Å². The summed E-state index contributed by atoms with van der Waals surface area (Å²) in [6, 6.07) is 16.1. The number of benzene rings is 3. The van der Waals surface area contributed by atoms with E-state index in [1.54, 1.807) is 0 Å². The van der Waals surface area contributed by atoms with E-state index in [1.807, 2.05) is 0 Å². The fourth-order valence-electron chi connectivity index (χ4n) is 3.92. The van der Waals surface area contributed by atoms with Crippen molar-refractivity contribution in [2.45, 2.75) is 22.6 Å². The number of nitrogens with one attached hydrogen (secondary N) is 1. The average molecular weight is 548 g/mol. The Balaban J connectivity index is 1.55. The molecule has 1 aliphatic heterocycles. The third-order valence-electron chi connectivity index (χ3n) is 5.89. The van der Waals surface area contributed by atoms with E-state index in [0.29, 0.717) is 24.5 Å². The van der Waals surface area contributed by atoms with Gasteiger partial charge in [-0.15, -0.1) is 0 Å². The second kappa shape index (κ2) is 10.9. The van der Waals surface area contributed by atoms with Crippen LogP contribution in [0.1, 0.15) is 12.8 Å². The number of hydrogen-bond donors (Lipinski definition) is 1. The highest BCUT2D eigenvalue weighted by atomic mass is 32.2. The molecule has 1 heterocycles. The first-order valence-electron chi connectivity index (χ1n) is 11.4. The predicted molar refractivity (Wildman–Crippen MR) is 137 cm³/mol. The van der Waals surface area contributed by atoms with Crippen molar-refractivity contribution in [3.05, 3.63) is 78.6 Å². The number of halogens is 1. The molecule has 0 saturated carbocycles. The minimum atomic E-state index is -4.21. The van der Waals surface area contributed by atoms with Gasteiger partial charge in [0.25, 0.3) is 10.0 Å². The summed E-state index contributed by atoms with van der Waals surface area (Å²) in [5.74, 6) is -0.768. The largest absolute Gasteiger partial charge is 0.497 e. The molecule has 1 fully saturated rings. The van der Waals surface area contributed by atoms with Gasteiger partial charge in [-0.1, -0.05) is 0 Å². The molecule has 196 valence electrons. The molecule has 0 spiro atoms. The van der Waals surface area contributed by atoms with Crippen LogP contribution in [0.2, 0.25) is 0 Å². The molecule has 1 aliphatic rings. The zero-order valence-corrected chi connectivity index (χ0v) is 21.6. The van der Waals surface area contributed by atoms with Gasteiger partial charge in [-0.25, -0.2) is 21.2 Å². The van der Waals surface area contributed by atoms with Crippen LogP contribution >= 0.6 is 0 Å². The molecular formula is C25H26FN3O6S2. The third-order valence-corrected chi connectivity index (χ3v) is 9.59. The monoisotopic (exact) mass is 547 g/mol. The molecule has 3 aromatic rings. The highest BCUT2D eigenvalue weighted by molar-refractivity contribution is 7.92. The van der Waals surface area contributed by atoms with Gasteiger partial charge in [-0.05, 0) is 85.6 Å². The number of hydrogen-bond acceptors (Lipinski definition) is 6. The summed E-state index contributed by atoms with van der Waals surface area (Å²) in [5.41, 5.74) is 0.394. The molecule has 0 unspecified atom stereocenters. The standard InChI is InChI=1S/C25H26FN3O6S2/c1-35-22-10-14-24(15-11-22)37(33,34)29(21-8-4-19(26)5-9-21)18-25(30)27-20-6-12-23(13-7-20)36(31,32)28-16-2-3-17-28/h4-15H,2-3,16-18H2,1H3,(H,27,30). The summed E-state index contributed by atoms with van der Waals surface area (Å²) in [4.78, 5) is 12.9. The van der Waals surface area contributed by atoms with Crippen LogP contribution in [-0.4, -0.2) is 53.8 Å². The molecule has 0 aliphatic carbocycles. The maximum atomic E-state index is 13.5. The van der Waals surface area contributed by atoms with Crippen LogP contribution in [0.3, 0.4) is 0 Å². The molecule has 4 rings (SSSR count). The Morgan fingerprint density at radius 2 is 1.46 bits per heavy atom. The quantitative estimate of drug-likeness (QED) is 0.439. The van der Waals surface area contributed by atoms with Crippen molar-refractivity contribution >= 4 is 37.3 Å². The van der Waals surface area contributed by atoms with Crippen LogP contribution in [-0.2, 0) is 24.8 Å². The van der Waals surface area contributed by atoms with Gasteiger partial charge in [-0.3, -0.25) is 9.10 Å². The number of methoxy groups -OCH3 is 1. The number of sulfonamides is 2. The minimum Gasteiger partial charge on any atom is -0.497 e. The Hall–Kier alpha value is -3.48. The van der Waals surface area contributed by atoms with Gasteiger partial charge in [0.15, 0.2) is 0 Å². The lowest BCUT2D eigenvalue weighted by atomic mass is 10.3. The summed E-state index contributed by atoms with van der Waals surface area (Å²) < 4.78 is 73.2. The van der Waals surface area contributed by atoms with Gasteiger partial charge < -0.3 is 10.1 Å². The van der Waals surface area contributed by atoms with Crippen molar-refractivity contribution in [2.24, 2.45) is 0 Å². The first kappa shape index (κ1) is 26.6. The average Bonchev–Trinajstić information content (AvgIpc) is 3.44. The van der Waals surface area contributed by atoms with E-state index >= 15 is 0 Å². The van der Waals surface area contributed by atoms with E-state index < -0.39 is 38.3 Å². The zero-order chi connectivity index (χ0) is 26.6. The minimum absolute atomic E-state index is 0.0816. The molecule has 1 amide bonds. The first-order valence-corrected chi connectivity index (χ1v) is 14.3. The van der Waals surface area contributed by atoms with Crippen LogP contribution in [0.4, 0.5) is 15.8 Å². The number of rotatable bonds is 9. The summed E-state index contributed by atoms with van der Waals surface area (Å²) in [5, 5.41) is 2.60. The molecular weight excluding hydrogens is 521 g/mol. The summed E-state index contributed by atoms with van der Waals surface area (Å²) in [6.07, 6.45) is 1.63. The molecule has 1 N–H and O–H groups in total. The number of carbonyl (C=O) groups is 1. The van der Waals surface area contributed by atoms with Gasteiger partial charge in [0.05, 0.1) is 22.6 Å². The van der Waals surface area contributed by atoms with Crippen molar-refractivity contribution in [1.82, 2.24) is 4.31 Å². The second-order valence-corrected chi connectivity index (χ2v) is 12.1. The Bertz CT molecular complexity index is 1450. The summed E-state index contributed by atoms with van der Waals surface area (Å²) in [6.45, 7) is 0.346. The Kier molecular flexibility index (Phi) is 7.81. The van der Waals surface area contributed by atoms with E-state index in [4.69, 9.17) is 4.74 Å². The Labute approximate surface area is 215 Å². The van der Waals surface area contributed by atoms with Gasteiger partial charge in [0, 0.05) is 18.8 Å². The number of anilines is 2. The topological polar surface area (TPSA) is 113 Å². The van der Waals surface area contributed by atoms with Gasteiger partial charge in [0.2, 0.25) is 15.9 Å². The zero-order valence-electron chi connectivity index (χ0n) is 20.0. The Morgan fingerprint density at radius 1 is 0.892 bits per heavy atom. The van der Waals surface area contributed by atoms with Gasteiger partial charge >= 0.3 is 0 Å². The third kappa shape index (κ3) is 5.92. The van der Waals surface area contributed by atoms with Crippen molar-refractivity contribution in [3.63, 3.8) is 0 Å². The molecule has 0 aromatic heterocycles. The van der Waals surface area contributed by atoms with Gasteiger partial charge in [0.1, 0.15) is 18.1 Å². The fraction of sp³-hybridized carbons (Fsp3) is 0.240. The number of amides is 1. The molecule has 3 aromatic carbocycles. The molecule has 1 saturated heterocycles. The molecule has 0 radical (unpaired) electrons. The molecule has 12 heteroatoms. The van der Waals surface area contributed by atoms with E-state index in [-0.39, 0.29) is 15.5 Å². The highest BCUT2D eigenvalue weighted by Gasteiger charge is 2.29. The van der Waals surface area contributed by atoms with E-state index in [0.717, 1.165) is 29.3 Å². The number of nitrogens with zero attached hydrogens (tertiary/aromatic N) is 2. The van der Waals surface area contributed by atoms with Crippen LogP contribution in [0.15, 0.2) is 82.6 Å². The smallest absolute Gasteiger partial charge is 0.264 e. The Morgan fingerprint density at radius 3 is 2.03 bits per heavy atom. The van der Waals surface area contributed by atoms with Gasteiger partial charge in [-0.2, -0.15) is 4.31 Å². The molecule has 9 nitrogen and oxygen atoms in total. The van der Waals surface area contributed by atoms with Crippen molar-refractivity contribution in [2.75, 3.05) is 36.4 Å². The molecule has 37 heavy (non-hydrogen) atoms. The van der Waals surface area contributed by atoms with Crippen LogP contribution < -0.4 is 14.4 Å². The van der Waals surface area contributed by atoms with E-state index in [9.17, 15) is 26.0 Å². The molecule has 0 atom stereocenters. The first-order chi connectivity index (χ1) is 17.6. The second-order valence-electron chi connectivity index (χ2n) is 8.35. The maximum absolute atomic E-state index is 13.5. The molecule has 0 bridgehead atoms. The van der Waals surface area contributed by atoms with Crippen LogP contribution in [0, 0.1) is 5.82 Å². The lowest BCUT2D eigenvalue weighted by molar-refractivity contribution is -0.114. The maximum Gasteiger partial charge on any atom is 0.264 e. The van der Waals surface area contributed by atoms with E-state index in [2.05, 4.69) is 5.32 Å². The summed E-state index contributed by atoms with van der Waals surface area (Å²) in [7, 11) is -6.36. The SMILES string of the molecule is COc1ccc(S(=O)(=O)N(CC(=O)Nc2ccc(S(=O)(=O)N3CCCC3)cc2)c2ccc(F)cc2)cc1. The normalized spacial score (nSPS) is 14.3. The lowest BCUT2D eigenvalue weighted by Crippen LogP contribution is -2.38. The fourth-order valence-corrected chi connectivity index (χ4v) is 6.85. The predicted octanol–water partition coefficient (Wildman–Crippen LogP) is 3.45.